The standard InChI is InChI=1S/C10H21N3O4S/c1-3-17-10(14)4-5-11-18(15,16)13-8-6-12(2)7-9-13/h11H,3-9H2,1-2H3. The molecule has 1 saturated heterocycles. The van der Waals surface area contributed by atoms with Gasteiger partial charge in [-0.2, -0.15) is 12.7 Å². The van der Waals surface area contributed by atoms with Crippen molar-refractivity contribution in [1.29, 1.82) is 0 Å². The maximum absolute atomic E-state index is 11.9. The number of hydrogen-bond acceptors (Lipinski definition) is 5. The second-order valence-electron chi connectivity index (χ2n) is 4.16. The fraction of sp³-hybridized carbons (Fsp3) is 0.900. The van der Waals surface area contributed by atoms with Crippen LogP contribution in [0.25, 0.3) is 0 Å². The summed E-state index contributed by atoms with van der Waals surface area (Å²) in [6.07, 6.45) is 0.0564. The summed E-state index contributed by atoms with van der Waals surface area (Å²) in [5.74, 6) is -0.390. The van der Waals surface area contributed by atoms with E-state index in [0.717, 1.165) is 13.1 Å². The summed E-state index contributed by atoms with van der Waals surface area (Å²) in [7, 11) is -1.51. The van der Waals surface area contributed by atoms with Crippen molar-refractivity contribution in [2.45, 2.75) is 13.3 Å². The molecule has 1 aliphatic rings. The molecule has 1 fully saturated rings. The van der Waals surface area contributed by atoms with Gasteiger partial charge >= 0.3 is 5.97 Å². The Bertz CT molecular complexity index is 363. The molecule has 7 nitrogen and oxygen atoms in total. The fourth-order valence-electron chi connectivity index (χ4n) is 1.63. The number of ether oxygens (including phenoxy) is 1. The highest BCUT2D eigenvalue weighted by molar-refractivity contribution is 7.87. The summed E-state index contributed by atoms with van der Waals surface area (Å²) in [5.41, 5.74) is 0. The van der Waals surface area contributed by atoms with Crippen molar-refractivity contribution in [2.24, 2.45) is 0 Å². The highest BCUT2D eigenvalue weighted by atomic mass is 32.2. The van der Waals surface area contributed by atoms with Gasteiger partial charge < -0.3 is 9.64 Å². The van der Waals surface area contributed by atoms with Crippen LogP contribution in [0.3, 0.4) is 0 Å². The molecule has 18 heavy (non-hydrogen) atoms. The second-order valence-corrected chi connectivity index (χ2v) is 5.91. The Morgan fingerprint density at radius 1 is 1.28 bits per heavy atom. The molecule has 0 spiro atoms. The van der Waals surface area contributed by atoms with E-state index in [1.807, 2.05) is 7.05 Å². The van der Waals surface area contributed by atoms with Crippen molar-refractivity contribution in [3.8, 4) is 0 Å². The molecular formula is C10H21N3O4S. The van der Waals surface area contributed by atoms with Crippen LogP contribution in [0.15, 0.2) is 0 Å². The van der Waals surface area contributed by atoms with Crippen molar-refractivity contribution in [3.05, 3.63) is 0 Å². The molecule has 0 bridgehead atoms. The van der Waals surface area contributed by atoms with Crippen molar-refractivity contribution >= 4 is 16.2 Å². The van der Waals surface area contributed by atoms with Gasteiger partial charge in [-0.15, -0.1) is 0 Å². The Hall–Kier alpha value is -0.700. The number of carbonyl (C=O) groups excluding carboxylic acids is 1. The van der Waals surface area contributed by atoms with Crippen LogP contribution in [-0.2, 0) is 19.7 Å². The Kier molecular flexibility index (Phi) is 6.00. The lowest BCUT2D eigenvalue weighted by atomic mass is 10.4. The van der Waals surface area contributed by atoms with Crippen molar-refractivity contribution in [1.82, 2.24) is 13.9 Å². The minimum Gasteiger partial charge on any atom is -0.466 e. The maximum Gasteiger partial charge on any atom is 0.307 e. The predicted molar refractivity (Wildman–Crippen MR) is 67.2 cm³/mol. The molecule has 106 valence electrons. The molecule has 1 heterocycles. The van der Waals surface area contributed by atoms with Crippen LogP contribution in [0, 0.1) is 0 Å². The summed E-state index contributed by atoms with van der Waals surface area (Å²) >= 11 is 0. The number of nitrogens with one attached hydrogen (secondary N) is 1. The number of likely N-dealkylation sites (N-methyl/N-ethyl adjacent to an activating group) is 1. The van der Waals surface area contributed by atoms with Crippen LogP contribution >= 0.6 is 0 Å². The summed E-state index contributed by atoms with van der Waals surface area (Å²) in [6, 6.07) is 0. The molecule has 0 aromatic carbocycles. The normalized spacial score (nSPS) is 18.8. The van der Waals surface area contributed by atoms with E-state index >= 15 is 0 Å². The third kappa shape index (κ3) is 4.89. The Morgan fingerprint density at radius 3 is 2.44 bits per heavy atom. The average molecular weight is 279 g/mol. The SMILES string of the molecule is CCOC(=O)CCNS(=O)(=O)N1CCN(C)CC1. The van der Waals surface area contributed by atoms with E-state index in [-0.39, 0.29) is 13.0 Å². The van der Waals surface area contributed by atoms with Crippen LogP contribution in [-0.4, -0.2) is 70.0 Å². The van der Waals surface area contributed by atoms with E-state index in [9.17, 15) is 13.2 Å². The van der Waals surface area contributed by atoms with E-state index < -0.39 is 16.2 Å². The zero-order valence-electron chi connectivity index (χ0n) is 10.9. The first-order chi connectivity index (χ1) is 8.45. The largest absolute Gasteiger partial charge is 0.466 e. The molecular weight excluding hydrogens is 258 g/mol. The fourth-order valence-corrected chi connectivity index (χ4v) is 2.82. The summed E-state index contributed by atoms with van der Waals surface area (Å²) in [4.78, 5) is 13.1. The first kappa shape index (κ1) is 15.4. The molecule has 1 N–H and O–H groups in total. The Morgan fingerprint density at radius 2 is 1.89 bits per heavy atom. The van der Waals surface area contributed by atoms with Crippen LogP contribution in [0.4, 0.5) is 0 Å². The highest BCUT2D eigenvalue weighted by Crippen LogP contribution is 2.04. The third-order valence-electron chi connectivity index (χ3n) is 2.72. The van der Waals surface area contributed by atoms with Crippen LogP contribution in [0.1, 0.15) is 13.3 Å². The predicted octanol–water partition coefficient (Wildman–Crippen LogP) is -0.979. The Balaban J connectivity index is 2.33. The smallest absolute Gasteiger partial charge is 0.307 e. The summed E-state index contributed by atoms with van der Waals surface area (Å²) in [5, 5.41) is 0. The summed E-state index contributed by atoms with van der Waals surface area (Å²) in [6.45, 7) is 4.50. The van der Waals surface area contributed by atoms with Gasteiger partial charge in [0.25, 0.3) is 10.2 Å². The lowest BCUT2D eigenvalue weighted by Crippen LogP contribution is -2.51. The number of esters is 1. The van der Waals surface area contributed by atoms with Gasteiger partial charge in [0.05, 0.1) is 13.0 Å². The lowest BCUT2D eigenvalue weighted by molar-refractivity contribution is -0.142. The number of rotatable bonds is 6. The molecule has 1 aliphatic heterocycles. The number of carbonyl (C=O) groups is 1. The van der Waals surface area contributed by atoms with Gasteiger partial charge in [0.15, 0.2) is 0 Å². The van der Waals surface area contributed by atoms with Gasteiger partial charge in [0.1, 0.15) is 0 Å². The van der Waals surface area contributed by atoms with Gasteiger partial charge in [-0.1, -0.05) is 0 Å². The van der Waals surface area contributed by atoms with E-state index in [1.54, 1.807) is 6.92 Å². The molecule has 1 rings (SSSR count). The number of piperazine rings is 1. The van der Waals surface area contributed by atoms with Crippen molar-refractivity contribution in [3.63, 3.8) is 0 Å². The highest BCUT2D eigenvalue weighted by Gasteiger charge is 2.25. The first-order valence-electron chi connectivity index (χ1n) is 6.04. The molecule has 0 aliphatic carbocycles. The zero-order chi connectivity index (χ0) is 13.6. The van der Waals surface area contributed by atoms with Crippen LogP contribution in [0.2, 0.25) is 0 Å². The molecule has 0 radical (unpaired) electrons. The zero-order valence-corrected chi connectivity index (χ0v) is 11.7. The van der Waals surface area contributed by atoms with Gasteiger partial charge in [0.2, 0.25) is 0 Å². The minimum atomic E-state index is -3.47. The molecule has 0 saturated carbocycles. The molecule has 0 atom stereocenters. The van der Waals surface area contributed by atoms with Gasteiger partial charge in [-0.25, -0.2) is 4.72 Å². The molecule has 0 unspecified atom stereocenters. The third-order valence-corrected chi connectivity index (χ3v) is 4.33. The first-order valence-corrected chi connectivity index (χ1v) is 7.48. The maximum atomic E-state index is 11.9. The van der Waals surface area contributed by atoms with Gasteiger partial charge in [-0.3, -0.25) is 4.79 Å². The van der Waals surface area contributed by atoms with E-state index in [0.29, 0.717) is 19.7 Å². The van der Waals surface area contributed by atoms with Crippen LogP contribution in [0.5, 0.6) is 0 Å². The molecule has 0 amide bonds. The quantitative estimate of drug-likeness (QED) is 0.632. The Labute approximate surface area is 108 Å². The minimum absolute atomic E-state index is 0.0564. The second kappa shape index (κ2) is 7.03. The van der Waals surface area contributed by atoms with Gasteiger partial charge in [-0.05, 0) is 14.0 Å². The van der Waals surface area contributed by atoms with Crippen LogP contribution < -0.4 is 4.72 Å². The lowest BCUT2D eigenvalue weighted by Gasteiger charge is -2.31. The average Bonchev–Trinajstić information content (AvgIpc) is 2.29. The number of hydrogen-bond donors (Lipinski definition) is 1. The van der Waals surface area contributed by atoms with Crippen molar-refractivity contribution < 1.29 is 17.9 Å². The van der Waals surface area contributed by atoms with E-state index in [1.165, 1.54) is 4.31 Å². The van der Waals surface area contributed by atoms with E-state index in [4.69, 9.17) is 4.74 Å². The van der Waals surface area contributed by atoms with E-state index in [2.05, 4.69) is 9.62 Å². The topological polar surface area (TPSA) is 78.9 Å². The summed E-state index contributed by atoms with van der Waals surface area (Å²) < 4.78 is 32.3. The van der Waals surface area contributed by atoms with Crippen molar-refractivity contribution in [2.75, 3.05) is 46.4 Å². The molecule has 0 aromatic rings. The van der Waals surface area contributed by atoms with Gasteiger partial charge in [0, 0.05) is 32.7 Å². The molecule has 0 aromatic heterocycles. The molecule has 8 heteroatoms. The monoisotopic (exact) mass is 279 g/mol. The number of nitrogens with zero attached hydrogens (tertiary/aromatic N) is 2.